The Hall–Kier alpha value is -1.05. The number of rotatable bonds is 15. The molecule has 0 rings (SSSR count). The Morgan fingerprint density at radius 3 is 2.22 bits per heavy atom. The molecule has 0 aromatic rings. The largest absolute Gasteiger partial charge is 0.480 e. The van der Waals surface area contributed by atoms with Crippen molar-refractivity contribution in [3.05, 3.63) is 0 Å². The molecule has 0 amide bonds. The summed E-state index contributed by atoms with van der Waals surface area (Å²) in [5.74, 6) is 5.10. The van der Waals surface area contributed by atoms with Crippen molar-refractivity contribution in [2.45, 2.75) is 90.1 Å². The lowest BCUT2D eigenvalue weighted by atomic mass is 10.1. The van der Waals surface area contributed by atoms with E-state index in [0.717, 1.165) is 44.9 Å². The monoisotopic (exact) mass is 326 g/mol. The van der Waals surface area contributed by atoms with Crippen molar-refractivity contribution in [2.24, 2.45) is 0 Å². The molecule has 0 aliphatic heterocycles. The summed E-state index contributed by atoms with van der Waals surface area (Å²) in [5.41, 5.74) is 0. The average molecular weight is 326 g/mol. The SMILES string of the molecule is CCCC[C@@H](O)C#CCCCCCCCCCCOCC(=O)O. The van der Waals surface area contributed by atoms with E-state index in [1.54, 1.807) is 0 Å². The second-order valence-electron chi connectivity index (χ2n) is 6.00. The van der Waals surface area contributed by atoms with E-state index >= 15 is 0 Å². The normalized spacial score (nSPS) is 11.7. The Bertz CT molecular complexity index is 330. The van der Waals surface area contributed by atoms with E-state index in [9.17, 15) is 9.90 Å². The number of ether oxygens (including phenoxy) is 1. The summed E-state index contributed by atoms with van der Waals surface area (Å²) in [6.45, 7) is 2.49. The first-order valence-corrected chi connectivity index (χ1v) is 9.12. The fourth-order valence-corrected chi connectivity index (χ4v) is 2.30. The van der Waals surface area contributed by atoms with Crippen molar-refractivity contribution in [3.8, 4) is 11.8 Å². The van der Waals surface area contributed by atoms with Crippen LogP contribution in [0.5, 0.6) is 0 Å². The molecule has 0 fully saturated rings. The average Bonchev–Trinajstić information content (AvgIpc) is 2.52. The molecule has 0 heterocycles. The zero-order chi connectivity index (χ0) is 17.2. The van der Waals surface area contributed by atoms with Crippen LogP contribution in [0.4, 0.5) is 0 Å². The number of carboxylic acids is 1. The smallest absolute Gasteiger partial charge is 0.329 e. The van der Waals surface area contributed by atoms with E-state index in [1.807, 2.05) is 0 Å². The van der Waals surface area contributed by atoms with Crippen LogP contribution in [-0.4, -0.2) is 35.5 Å². The second kappa shape index (κ2) is 17.3. The molecule has 1 atom stereocenters. The van der Waals surface area contributed by atoms with Crippen LogP contribution in [0, 0.1) is 11.8 Å². The van der Waals surface area contributed by atoms with Crippen LogP contribution in [0.1, 0.15) is 84.0 Å². The van der Waals surface area contributed by atoms with Gasteiger partial charge in [-0.05, 0) is 19.3 Å². The third-order valence-electron chi connectivity index (χ3n) is 3.67. The minimum absolute atomic E-state index is 0.182. The summed E-state index contributed by atoms with van der Waals surface area (Å²) in [6.07, 6.45) is 12.7. The quantitative estimate of drug-likeness (QED) is 0.350. The van der Waals surface area contributed by atoms with Gasteiger partial charge >= 0.3 is 5.97 Å². The molecule has 0 aromatic heterocycles. The Morgan fingerprint density at radius 1 is 1.00 bits per heavy atom. The van der Waals surface area contributed by atoms with Gasteiger partial charge in [-0.3, -0.25) is 0 Å². The predicted octanol–water partition coefficient (Wildman–Crippen LogP) is 4.15. The zero-order valence-electron chi connectivity index (χ0n) is 14.7. The third-order valence-corrected chi connectivity index (χ3v) is 3.67. The van der Waals surface area contributed by atoms with E-state index in [2.05, 4.69) is 18.8 Å². The maximum Gasteiger partial charge on any atom is 0.329 e. The topological polar surface area (TPSA) is 66.8 Å². The van der Waals surface area contributed by atoms with Gasteiger partial charge in [0.2, 0.25) is 0 Å². The number of aliphatic carboxylic acids is 1. The summed E-state index contributed by atoms with van der Waals surface area (Å²) < 4.78 is 4.99. The summed E-state index contributed by atoms with van der Waals surface area (Å²) in [7, 11) is 0. The van der Waals surface area contributed by atoms with Crippen LogP contribution in [0.3, 0.4) is 0 Å². The summed E-state index contributed by atoms with van der Waals surface area (Å²) >= 11 is 0. The van der Waals surface area contributed by atoms with E-state index in [0.29, 0.717) is 6.61 Å². The molecule has 0 spiro atoms. The highest BCUT2D eigenvalue weighted by Gasteiger charge is 1.97. The summed E-state index contributed by atoms with van der Waals surface area (Å²) in [5, 5.41) is 18.0. The molecule has 0 bridgehead atoms. The highest BCUT2D eigenvalue weighted by atomic mass is 16.5. The van der Waals surface area contributed by atoms with Crippen molar-refractivity contribution in [3.63, 3.8) is 0 Å². The minimum atomic E-state index is -0.898. The van der Waals surface area contributed by atoms with Gasteiger partial charge in [-0.15, -0.1) is 5.92 Å². The molecular weight excluding hydrogens is 292 g/mol. The molecule has 0 saturated carbocycles. The molecule has 0 aliphatic rings. The first kappa shape index (κ1) is 21.9. The summed E-state index contributed by atoms with van der Waals surface area (Å²) in [4.78, 5) is 10.2. The number of carboxylic acid groups (broad SMARTS) is 1. The van der Waals surface area contributed by atoms with E-state index in [1.165, 1.54) is 32.1 Å². The Labute approximate surface area is 141 Å². The van der Waals surface area contributed by atoms with Crippen LogP contribution in [0.15, 0.2) is 0 Å². The fourth-order valence-electron chi connectivity index (χ4n) is 2.30. The Balaban J connectivity index is 3.19. The Kier molecular flexibility index (Phi) is 16.5. The van der Waals surface area contributed by atoms with Crippen LogP contribution >= 0.6 is 0 Å². The number of carbonyl (C=O) groups is 1. The predicted molar refractivity (Wildman–Crippen MR) is 93.3 cm³/mol. The molecule has 0 unspecified atom stereocenters. The molecular formula is C19H34O4. The fraction of sp³-hybridized carbons (Fsp3) is 0.842. The number of aliphatic hydroxyl groups is 1. The van der Waals surface area contributed by atoms with Gasteiger partial charge in [0.1, 0.15) is 12.7 Å². The molecule has 0 radical (unpaired) electrons. The van der Waals surface area contributed by atoms with Crippen LogP contribution in [0.2, 0.25) is 0 Å². The lowest BCUT2D eigenvalue weighted by Crippen LogP contribution is -2.07. The van der Waals surface area contributed by atoms with Gasteiger partial charge in [0.25, 0.3) is 0 Å². The van der Waals surface area contributed by atoms with Crippen LogP contribution in [0.25, 0.3) is 0 Å². The number of aliphatic hydroxyl groups excluding tert-OH is 1. The van der Waals surface area contributed by atoms with E-state index < -0.39 is 12.1 Å². The van der Waals surface area contributed by atoms with Crippen molar-refractivity contribution in [1.29, 1.82) is 0 Å². The number of hydrogen-bond acceptors (Lipinski definition) is 3. The molecule has 2 N–H and O–H groups in total. The molecule has 134 valence electrons. The van der Waals surface area contributed by atoms with Gasteiger partial charge in [-0.2, -0.15) is 0 Å². The second-order valence-corrected chi connectivity index (χ2v) is 6.00. The van der Waals surface area contributed by atoms with Crippen molar-refractivity contribution in [2.75, 3.05) is 13.2 Å². The lowest BCUT2D eigenvalue weighted by Gasteiger charge is -2.02. The van der Waals surface area contributed by atoms with Crippen LogP contribution in [-0.2, 0) is 9.53 Å². The highest BCUT2D eigenvalue weighted by Crippen LogP contribution is 2.09. The first-order valence-electron chi connectivity index (χ1n) is 9.12. The summed E-state index contributed by atoms with van der Waals surface area (Å²) in [6, 6.07) is 0. The first-order chi connectivity index (χ1) is 11.2. The van der Waals surface area contributed by atoms with Gasteiger partial charge in [-0.1, -0.05) is 64.2 Å². The molecule has 4 nitrogen and oxygen atoms in total. The van der Waals surface area contributed by atoms with Crippen LogP contribution < -0.4 is 0 Å². The van der Waals surface area contributed by atoms with Gasteiger partial charge in [0.05, 0.1) is 0 Å². The molecule has 0 aromatic carbocycles. The van der Waals surface area contributed by atoms with Gasteiger partial charge in [0.15, 0.2) is 0 Å². The maximum absolute atomic E-state index is 10.2. The Morgan fingerprint density at radius 2 is 1.61 bits per heavy atom. The molecule has 0 saturated heterocycles. The van der Waals surface area contributed by atoms with Crippen molar-refractivity contribution >= 4 is 5.97 Å². The molecule has 0 aliphatic carbocycles. The van der Waals surface area contributed by atoms with Crippen molar-refractivity contribution < 1.29 is 19.7 Å². The van der Waals surface area contributed by atoms with E-state index in [-0.39, 0.29) is 6.61 Å². The van der Waals surface area contributed by atoms with Gasteiger partial charge < -0.3 is 14.9 Å². The van der Waals surface area contributed by atoms with Crippen molar-refractivity contribution in [1.82, 2.24) is 0 Å². The molecule has 4 heteroatoms. The maximum atomic E-state index is 10.2. The minimum Gasteiger partial charge on any atom is -0.480 e. The van der Waals surface area contributed by atoms with E-state index in [4.69, 9.17) is 9.84 Å². The zero-order valence-corrected chi connectivity index (χ0v) is 14.7. The highest BCUT2D eigenvalue weighted by molar-refractivity contribution is 5.67. The van der Waals surface area contributed by atoms with Gasteiger partial charge in [-0.25, -0.2) is 4.79 Å². The van der Waals surface area contributed by atoms with Gasteiger partial charge in [0, 0.05) is 13.0 Å². The standard InChI is InChI=1S/C19H34O4/c1-2-3-14-18(20)15-12-10-8-6-4-5-7-9-11-13-16-23-17-19(21)22/h18,20H,2-11,13-14,16-17H2,1H3,(H,21,22)/t18-/m1/s1. The number of hydrogen-bond donors (Lipinski definition) is 2. The third kappa shape index (κ3) is 18.9. The lowest BCUT2D eigenvalue weighted by molar-refractivity contribution is -0.142. The molecule has 23 heavy (non-hydrogen) atoms. The number of unbranched alkanes of at least 4 members (excludes halogenated alkanes) is 9.